The molecule has 7 rings (SSSR count). The van der Waals surface area contributed by atoms with E-state index in [0.717, 1.165) is 30.5 Å². The Hall–Kier alpha value is -4.95. The van der Waals surface area contributed by atoms with Gasteiger partial charge in [-0.25, -0.2) is 4.39 Å². The predicted molar refractivity (Wildman–Crippen MR) is 217 cm³/mol. The Morgan fingerprint density at radius 1 is 0.930 bits per heavy atom. The summed E-state index contributed by atoms with van der Waals surface area (Å²) in [5.74, 6) is -0.154. The number of nitrogens with zero attached hydrogens (tertiary/aromatic N) is 3. The normalized spacial score (nSPS) is 15.7. The van der Waals surface area contributed by atoms with Crippen LogP contribution in [-0.4, -0.2) is 93.9 Å². The second kappa shape index (κ2) is 17.7. The smallest absolute Gasteiger partial charge is 0.310 e. The highest BCUT2D eigenvalue weighted by Crippen LogP contribution is 2.44. The molecule has 14 heteroatoms. The van der Waals surface area contributed by atoms with Crippen molar-refractivity contribution in [2.75, 3.05) is 71.8 Å². The highest BCUT2D eigenvalue weighted by atomic mass is 35.5. The first-order valence-electron chi connectivity index (χ1n) is 19.3. The number of halogens is 2. The van der Waals surface area contributed by atoms with Gasteiger partial charge in [0.25, 0.3) is 5.91 Å². The Morgan fingerprint density at radius 2 is 1.67 bits per heavy atom. The summed E-state index contributed by atoms with van der Waals surface area (Å²) >= 11 is 6.04. The average Bonchev–Trinajstić information content (AvgIpc) is 4.01. The molecule has 1 unspecified atom stereocenters. The van der Waals surface area contributed by atoms with E-state index in [0.29, 0.717) is 88.2 Å². The van der Waals surface area contributed by atoms with Crippen molar-refractivity contribution in [3.63, 3.8) is 0 Å². The molecule has 5 aromatic rings. The Labute approximate surface area is 335 Å². The first kappa shape index (κ1) is 40.3. The summed E-state index contributed by atoms with van der Waals surface area (Å²) in [5.41, 5.74) is 4.01. The van der Waals surface area contributed by atoms with Gasteiger partial charge in [-0.3, -0.25) is 19.0 Å². The molecule has 12 nitrogen and oxygen atoms in total. The summed E-state index contributed by atoms with van der Waals surface area (Å²) in [6.45, 7) is 7.01. The van der Waals surface area contributed by atoms with E-state index in [1.54, 1.807) is 61.1 Å². The number of rotatable bonds is 16. The van der Waals surface area contributed by atoms with Gasteiger partial charge in [-0.1, -0.05) is 11.6 Å². The van der Waals surface area contributed by atoms with Crippen LogP contribution in [0, 0.1) is 12.7 Å². The first-order valence-corrected chi connectivity index (χ1v) is 19.7. The fourth-order valence-corrected chi connectivity index (χ4v) is 7.87. The zero-order chi connectivity index (χ0) is 40.2. The fourth-order valence-electron chi connectivity index (χ4n) is 7.75. The predicted octanol–water partition coefficient (Wildman–Crippen LogP) is 6.26. The highest BCUT2D eigenvalue weighted by Gasteiger charge is 2.32. The molecule has 2 aromatic heterocycles. The van der Waals surface area contributed by atoms with Gasteiger partial charge in [0.2, 0.25) is 0 Å². The summed E-state index contributed by atoms with van der Waals surface area (Å²) in [4.78, 5) is 41.9. The van der Waals surface area contributed by atoms with Crippen LogP contribution in [0.15, 0.2) is 59.4 Å². The molecule has 3 heterocycles. The topological polar surface area (TPSA) is 122 Å². The van der Waals surface area contributed by atoms with Crippen LogP contribution >= 0.6 is 11.6 Å². The van der Waals surface area contributed by atoms with Gasteiger partial charge in [0.05, 0.1) is 63.5 Å². The monoisotopic (exact) mass is 802 g/mol. The first-order chi connectivity index (χ1) is 27.6. The van der Waals surface area contributed by atoms with Gasteiger partial charge in [-0.05, 0) is 80.8 Å². The molecule has 0 amide bonds. The van der Waals surface area contributed by atoms with Crippen molar-refractivity contribution in [1.82, 2.24) is 14.5 Å². The van der Waals surface area contributed by atoms with Gasteiger partial charge in [0.1, 0.15) is 18.0 Å². The van der Waals surface area contributed by atoms with E-state index in [-0.39, 0.29) is 49.7 Å². The number of pyridine rings is 1. The number of carbonyl (C=O) groups is 2. The molecule has 1 atom stereocenters. The summed E-state index contributed by atoms with van der Waals surface area (Å²) in [7, 11) is 3.10. The Bertz CT molecular complexity index is 2340. The van der Waals surface area contributed by atoms with Crippen molar-refractivity contribution < 1.29 is 37.7 Å². The summed E-state index contributed by atoms with van der Waals surface area (Å²) in [6.07, 6.45) is 2.36. The maximum atomic E-state index is 15.6. The van der Waals surface area contributed by atoms with Crippen LogP contribution in [0.1, 0.15) is 53.1 Å². The molecule has 1 N–H and O–H groups in total. The summed E-state index contributed by atoms with van der Waals surface area (Å²) in [5, 5.41) is 4.96. The van der Waals surface area contributed by atoms with Crippen LogP contribution in [0.3, 0.4) is 0 Å². The highest BCUT2D eigenvalue weighted by molar-refractivity contribution is 6.30. The molecular weight excluding hydrogens is 755 g/mol. The van der Waals surface area contributed by atoms with Gasteiger partial charge in [0.15, 0.2) is 17.0 Å². The van der Waals surface area contributed by atoms with Crippen molar-refractivity contribution >= 4 is 51.0 Å². The van der Waals surface area contributed by atoms with Crippen LogP contribution in [0.5, 0.6) is 11.5 Å². The third kappa shape index (κ3) is 8.67. The van der Waals surface area contributed by atoms with Crippen LogP contribution < -0.4 is 25.1 Å². The van der Waals surface area contributed by atoms with Crippen molar-refractivity contribution in [3.05, 3.63) is 98.2 Å². The quantitative estimate of drug-likeness (QED) is 0.0905. The van der Waals surface area contributed by atoms with E-state index in [4.69, 9.17) is 35.3 Å². The van der Waals surface area contributed by atoms with Gasteiger partial charge >= 0.3 is 5.97 Å². The Morgan fingerprint density at radius 3 is 2.37 bits per heavy atom. The van der Waals surface area contributed by atoms with Crippen LogP contribution in [-0.2, 0) is 31.8 Å². The molecule has 1 saturated carbocycles. The number of fused-ring (bicyclic) bond motifs is 2. The van der Waals surface area contributed by atoms with Crippen LogP contribution in [0.4, 0.5) is 10.1 Å². The SMILES string of the molecule is COc1ccc2c(c1)c(CC(=O)OCCOCCOCCc1cc(=O)c3cc(F)c(N4CCNC(C)C4)c(OC)c3n1C1CC1)c(C)n2C(=O)c1ccc(Cl)cc1. The molecule has 0 bridgehead atoms. The van der Waals surface area contributed by atoms with Crippen molar-refractivity contribution in [2.24, 2.45) is 0 Å². The lowest BCUT2D eigenvalue weighted by molar-refractivity contribution is -0.144. The van der Waals surface area contributed by atoms with Gasteiger partial charge in [-0.2, -0.15) is 0 Å². The Balaban J connectivity index is 0.924. The zero-order valence-electron chi connectivity index (χ0n) is 32.7. The number of nitrogens with one attached hydrogen (secondary N) is 1. The summed E-state index contributed by atoms with van der Waals surface area (Å²) < 4.78 is 47.8. The number of anilines is 1. The van der Waals surface area contributed by atoms with E-state index in [2.05, 4.69) is 16.8 Å². The third-order valence-electron chi connectivity index (χ3n) is 10.6. The minimum atomic E-state index is -0.456. The van der Waals surface area contributed by atoms with Gasteiger partial charge in [-0.15, -0.1) is 0 Å². The number of carbonyl (C=O) groups excluding carboxylic acids is 2. The molecule has 2 fully saturated rings. The second-order valence-corrected chi connectivity index (χ2v) is 14.9. The molecule has 57 heavy (non-hydrogen) atoms. The second-order valence-electron chi connectivity index (χ2n) is 14.5. The van der Waals surface area contributed by atoms with Crippen LogP contribution in [0.2, 0.25) is 5.02 Å². The molecule has 302 valence electrons. The molecule has 2 aliphatic rings. The standard InChI is InChI=1S/C43H48ClFN4O8/c1-26-25-47(15-14-46-26)41-36(45)23-35-38(50)21-31(49(30-9-10-30)40(35)42(41)54-4)13-16-55-17-18-56-19-20-57-39(51)24-33-27(2)48(37-12-11-32(53-3)22-34(33)37)43(52)28-5-7-29(44)8-6-28/h5-8,11-12,21-23,26,30,46H,9-10,13-20,24-25H2,1-4H3. The molecule has 1 aliphatic carbocycles. The number of benzene rings is 3. The van der Waals surface area contributed by atoms with E-state index in [1.165, 1.54) is 13.2 Å². The number of hydrogen-bond acceptors (Lipinski definition) is 10. The van der Waals surface area contributed by atoms with E-state index < -0.39 is 11.8 Å². The number of aromatic nitrogens is 2. The van der Waals surface area contributed by atoms with E-state index >= 15 is 4.39 Å². The lowest BCUT2D eigenvalue weighted by atomic mass is 10.1. The largest absolute Gasteiger partial charge is 0.497 e. The van der Waals surface area contributed by atoms with Crippen LogP contribution in [0.25, 0.3) is 21.8 Å². The minimum absolute atomic E-state index is 0.0444. The Kier molecular flexibility index (Phi) is 12.5. The van der Waals surface area contributed by atoms with Gasteiger partial charge in [0, 0.05) is 71.6 Å². The van der Waals surface area contributed by atoms with Crippen molar-refractivity contribution in [1.29, 1.82) is 0 Å². The van der Waals surface area contributed by atoms with E-state index in [1.807, 2.05) is 11.0 Å². The fraction of sp³-hybridized carbons (Fsp3) is 0.419. The lowest BCUT2D eigenvalue weighted by Crippen LogP contribution is -2.49. The third-order valence-corrected chi connectivity index (χ3v) is 10.9. The maximum absolute atomic E-state index is 15.6. The van der Waals surface area contributed by atoms with Crippen molar-refractivity contribution in [2.45, 2.75) is 51.6 Å². The number of piperazine rings is 1. The van der Waals surface area contributed by atoms with Crippen molar-refractivity contribution in [3.8, 4) is 11.5 Å². The number of ether oxygens (including phenoxy) is 5. The number of hydrogen-bond donors (Lipinski definition) is 1. The number of methoxy groups -OCH3 is 2. The lowest BCUT2D eigenvalue weighted by Gasteiger charge is -2.35. The zero-order valence-corrected chi connectivity index (χ0v) is 33.5. The average molecular weight is 803 g/mol. The molecule has 3 aromatic carbocycles. The molecular formula is C43H48ClFN4O8. The minimum Gasteiger partial charge on any atom is -0.497 e. The van der Waals surface area contributed by atoms with Gasteiger partial charge < -0.3 is 38.5 Å². The molecule has 1 aliphatic heterocycles. The molecule has 0 spiro atoms. The number of esters is 1. The summed E-state index contributed by atoms with van der Waals surface area (Å²) in [6, 6.07) is 15.4. The van der Waals surface area contributed by atoms with E-state index in [9.17, 15) is 14.4 Å². The molecule has 0 radical (unpaired) electrons. The maximum Gasteiger partial charge on any atom is 0.310 e. The molecule has 1 saturated heterocycles.